The molecule has 2 aliphatic rings. The highest BCUT2D eigenvalue weighted by atomic mass is 19.1. The molecule has 1 saturated carbocycles. The smallest absolute Gasteiger partial charge is 0.305 e. The number of benzene rings is 1. The second-order valence-electron chi connectivity index (χ2n) is 8.83. The average molecular weight is 438 g/mol. The molecule has 0 spiro atoms. The first kappa shape index (κ1) is 22.4. The van der Waals surface area contributed by atoms with Gasteiger partial charge in [0.05, 0.1) is 29.8 Å². The summed E-state index contributed by atoms with van der Waals surface area (Å²) < 4.78 is 13.9. The van der Waals surface area contributed by atoms with Crippen molar-refractivity contribution in [2.24, 2.45) is 5.92 Å². The molecule has 2 aromatic rings. The molecule has 3 N–H and O–H groups in total. The van der Waals surface area contributed by atoms with Crippen LogP contribution in [0.5, 0.6) is 0 Å². The molecule has 1 aromatic carbocycles. The molecule has 0 radical (unpaired) electrons. The molecule has 5 nitrogen and oxygen atoms in total. The molecule has 6 heteroatoms. The topological polar surface area (TPSA) is 90.7 Å². The van der Waals surface area contributed by atoms with Crippen LogP contribution in [0.4, 0.5) is 4.39 Å². The number of aliphatic hydroxyl groups is 2. The summed E-state index contributed by atoms with van der Waals surface area (Å²) >= 11 is 0. The Morgan fingerprint density at radius 2 is 2.03 bits per heavy atom. The fraction of sp³-hybridized carbons (Fsp3) is 0.385. The summed E-state index contributed by atoms with van der Waals surface area (Å²) in [7, 11) is 0. The van der Waals surface area contributed by atoms with Gasteiger partial charge in [0.1, 0.15) is 5.83 Å². The van der Waals surface area contributed by atoms with Crippen molar-refractivity contribution in [3.63, 3.8) is 0 Å². The van der Waals surface area contributed by atoms with Gasteiger partial charge in [0, 0.05) is 29.2 Å². The molecular formula is C26H28FNO4. The van der Waals surface area contributed by atoms with Gasteiger partial charge in [0.25, 0.3) is 0 Å². The number of carboxylic acid groups (broad SMARTS) is 1. The lowest BCUT2D eigenvalue weighted by Gasteiger charge is -2.26. The van der Waals surface area contributed by atoms with Crippen LogP contribution in [-0.2, 0) is 4.79 Å². The van der Waals surface area contributed by atoms with Crippen molar-refractivity contribution in [2.45, 2.75) is 56.7 Å². The lowest BCUT2D eigenvalue weighted by Crippen LogP contribution is -2.19. The van der Waals surface area contributed by atoms with E-state index in [0.29, 0.717) is 5.92 Å². The Morgan fingerprint density at radius 3 is 2.72 bits per heavy atom. The van der Waals surface area contributed by atoms with E-state index >= 15 is 0 Å². The second-order valence-corrected chi connectivity index (χ2v) is 8.83. The van der Waals surface area contributed by atoms with Crippen molar-refractivity contribution in [1.29, 1.82) is 0 Å². The number of carbonyl (C=O) groups is 1. The highest BCUT2D eigenvalue weighted by Crippen LogP contribution is 2.46. The van der Waals surface area contributed by atoms with E-state index in [4.69, 9.17) is 10.1 Å². The van der Waals surface area contributed by atoms with E-state index in [9.17, 15) is 19.4 Å². The number of aromatic nitrogens is 1. The summed E-state index contributed by atoms with van der Waals surface area (Å²) in [5.74, 6) is -1.09. The summed E-state index contributed by atoms with van der Waals surface area (Å²) in [6.45, 7) is 1.99. The van der Waals surface area contributed by atoms with Gasteiger partial charge >= 0.3 is 5.97 Å². The van der Waals surface area contributed by atoms with Crippen LogP contribution in [0.1, 0.15) is 61.3 Å². The first-order valence-electron chi connectivity index (χ1n) is 11.1. The monoisotopic (exact) mass is 437 g/mol. The third-order valence-corrected chi connectivity index (χ3v) is 6.16. The molecular weight excluding hydrogens is 409 g/mol. The molecule has 0 amide bonds. The van der Waals surface area contributed by atoms with E-state index in [1.165, 1.54) is 6.08 Å². The van der Waals surface area contributed by atoms with Crippen molar-refractivity contribution in [3.8, 4) is 0 Å². The first-order valence-corrected chi connectivity index (χ1v) is 11.1. The van der Waals surface area contributed by atoms with Gasteiger partial charge < -0.3 is 15.3 Å². The number of fused-ring (bicyclic) bond motifs is 1. The Hall–Kier alpha value is -2.83. The number of pyridine rings is 1. The zero-order valence-corrected chi connectivity index (χ0v) is 18.0. The van der Waals surface area contributed by atoms with Crippen LogP contribution in [-0.4, -0.2) is 38.5 Å². The van der Waals surface area contributed by atoms with Crippen molar-refractivity contribution >= 4 is 22.9 Å². The number of carboxylic acids is 1. The Kier molecular flexibility index (Phi) is 6.53. The van der Waals surface area contributed by atoms with E-state index in [0.717, 1.165) is 40.6 Å². The quantitative estimate of drug-likeness (QED) is 0.549. The van der Waals surface area contributed by atoms with Crippen LogP contribution in [0.3, 0.4) is 0 Å². The molecule has 1 aromatic heterocycles. The van der Waals surface area contributed by atoms with Crippen LogP contribution in [0, 0.1) is 5.92 Å². The predicted molar refractivity (Wildman–Crippen MR) is 122 cm³/mol. The first-order chi connectivity index (χ1) is 15.3. The normalized spacial score (nSPS) is 22.8. The molecule has 0 aliphatic heterocycles. The fourth-order valence-electron chi connectivity index (χ4n) is 4.46. The standard InChI is InChI=1S/C26H28FNO4/c1-15-12-17(27)8-10-20(15)25-21-4-2-3-5-23(21)28-26(16-6-7-16)22(25)11-9-18(29)13-19(30)14-24(31)32/h2-5,8-12,15-16,18-20,29-30H,6-7,13-14H2,1H3,(H,31,32). The third kappa shape index (κ3) is 4.97. The lowest BCUT2D eigenvalue weighted by atomic mass is 9.79. The average Bonchev–Trinajstić information content (AvgIpc) is 3.56. The van der Waals surface area contributed by atoms with Gasteiger partial charge in [0.2, 0.25) is 0 Å². The van der Waals surface area contributed by atoms with Crippen molar-refractivity contribution in [2.75, 3.05) is 0 Å². The van der Waals surface area contributed by atoms with Gasteiger partial charge in [-0.2, -0.15) is 0 Å². The molecule has 2 aliphatic carbocycles. The van der Waals surface area contributed by atoms with Crippen LogP contribution < -0.4 is 0 Å². The van der Waals surface area contributed by atoms with E-state index < -0.39 is 24.6 Å². The van der Waals surface area contributed by atoms with Crippen molar-refractivity contribution in [1.82, 2.24) is 4.98 Å². The minimum atomic E-state index is -1.13. The van der Waals surface area contributed by atoms with Gasteiger partial charge in [-0.15, -0.1) is 0 Å². The number of aliphatic hydroxyl groups excluding tert-OH is 2. The zero-order chi connectivity index (χ0) is 22.8. The maximum atomic E-state index is 13.9. The molecule has 0 bridgehead atoms. The molecule has 4 unspecified atom stereocenters. The Morgan fingerprint density at radius 1 is 1.28 bits per heavy atom. The minimum absolute atomic E-state index is 0.0470. The van der Waals surface area contributed by atoms with E-state index in [1.54, 1.807) is 12.2 Å². The fourth-order valence-corrected chi connectivity index (χ4v) is 4.46. The zero-order valence-electron chi connectivity index (χ0n) is 18.0. The Balaban J connectivity index is 1.77. The molecule has 4 rings (SSSR count). The van der Waals surface area contributed by atoms with Crippen LogP contribution in [0.25, 0.3) is 17.0 Å². The Labute approximate surface area is 186 Å². The van der Waals surface area contributed by atoms with E-state index in [-0.39, 0.29) is 24.1 Å². The van der Waals surface area contributed by atoms with Gasteiger partial charge in [-0.3, -0.25) is 9.78 Å². The summed E-state index contributed by atoms with van der Waals surface area (Å²) in [6, 6.07) is 7.93. The highest BCUT2D eigenvalue weighted by molar-refractivity contribution is 5.87. The number of hydrogen-bond acceptors (Lipinski definition) is 4. The number of para-hydroxylation sites is 1. The minimum Gasteiger partial charge on any atom is -0.481 e. The highest BCUT2D eigenvalue weighted by Gasteiger charge is 2.32. The molecule has 4 atom stereocenters. The van der Waals surface area contributed by atoms with Crippen molar-refractivity contribution < 1.29 is 24.5 Å². The predicted octanol–water partition coefficient (Wildman–Crippen LogP) is 4.85. The summed E-state index contributed by atoms with van der Waals surface area (Å²) in [6.07, 6.45) is 7.97. The number of halogens is 1. The van der Waals surface area contributed by atoms with Crippen LogP contribution >= 0.6 is 0 Å². The number of rotatable bonds is 8. The SMILES string of the molecule is CC1C=C(F)C=CC1c1c(C=CC(O)CC(O)CC(=O)O)c(C2CC2)nc2ccccc12. The molecule has 0 saturated heterocycles. The molecule has 32 heavy (non-hydrogen) atoms. The van der Waals surface area contributed by atoms with E-state index in [2.05, 4.69) is 0 Å². The number of nitrogens with zero attached hydrogens (tertiary/aromatic N) is 1. The van der Waals surface area contributed by atoms with Gasteiger partial charge in [-0.1, -0.05) is 43.4 Å². The molecule has 1 fully saturated rings. The number of allylic oxidation sites excluding steroid dienone is 4. The second kappa shape index (κ2) is 9.35. The molecule has 168 valence electrons. The largest absolute Gasteiger partial charge is 0.481 e. The van der Waals surface area contributed by atoms with E-state index in [1.807, 2.05) is 43.3 Å². The summed E-state index contributed by atoms with van der Waals surface area (Å²) in [4.78, 5) is 15.7. The van der Waals surface area contributed by atoms with Gasteiger partial charge in [-0.05, 0) is 42.5 Å². The summed E-state index contributed by atoms with van der Waals surface area (Å²) in [5, 5.41) is 30.1. The number of aliphatic carboxylic acids is 1. The third-order valence-electron chi connectivity index (χ3n) is 6.16. The van der Waals surface area contributed by atoms with Gasteiger partial charge in [0.15, 0.2) is 0 Å². The summed E-state index contributed by atoms with van der Waals surface area (Å²) in [5.41, 5.74) is 3.85. The molecule has 1 heterocycles. The Bertz CT molecular complexity index is 1100. The van der Waals surface area contributed by atoms with Crippen LogP contribution in [0.15, 0.2) is 54.4 Å². The van der Waals surface area contributed by atoms with Crippen molar-refractivity contribution in [3.05, 3.63) is 71.2 Å². The maximum Gasteiger partial charge on any atom is 0.305 e. The number of hydrogen-bond donors (Lipinski definition) is 3. The maximum absolute atomic E-state index is 13.9. The van der Waals surface area contributed by atoms with Crippen LogP contribution in [0.2, 0.25) is 0 Å². The van der Waals surface area contributed by atoms with Gasteiger partial charge in [-0.25, -0.2) is 4.39 Å². The lowest BCUT2D eigenvalue weighted by molar-refractivity contribution is -0.139.